The summed E-state index contributed by atoms with van der Waals surface area (Å²) in [5.74, 6) is 3.22. The maximum Gasteiger partial charge on any atom is 0.463 e. The Morgan fingerprint density at radius 3 is 0.862 bits per heavy atom. The number of hydrogen-bond donors (Lipinski definition) is 0. The van der Waals surface area contributed by atoms with Crippen LogP contribution in [0.2, 0.25) is 0 Å². The van der Waals surface area contributed by atoms with Crippen LogP contribution in [-0.4, -0.2) is 13.2 Å². The molecule has 9 rings (SSSR count). The van der Waals surface area contributed by atoms with Crippen molar-refractivity contribution in [1.29, 1.82) is 0 Å². The van der Waals surface area contributed by atoms with E-state index in [1.54, 1.807) is 0 Å². The molecule has 298 valence electrons. The van der Waals surface area contributed by atoms with Gasteiger partial charge in [-0.2, -0.15) is 0 Å². The second-order valence-corrected chi connectivity index (χ2v) is 18.2. The molecule has 2 bridgehead atoms. The van der Waals surface area contributed by atoms with E-state index in [9.17, 15) is 0 Å². The smallest absolute Gasteiger partial charge is 0.417 e. The van der Waals surface area contributed by atoms with E-state index in [0.29, 0.717) is 13.2 Å². The van der Waals surface area contributed by atoms with Gasteiger partial charge in [-0.15, -0.1) is 0 Å². The maximum atomic E-state index is 6.93. The van der Waals surface area contributed by atoms with Crippen molar-refractivity contribution >= 4 is 17.2 Å². The van der Waals surface area contributed by atoms with Gasteiger partial charge in [0.15, 0.2) is 0 Å². The van der Waals surface area contributed by atoms with E-state index in [4.69, 9.17) is 27.1 Å². The second-order valence-electron chi connectivity index (χ2n) is 16.0. The minimum atomic E-state index is -1.84. The topological polar surface area (TPSA) is 55.4 Å². The van der Waals surface area contributed by atoms with Crippen LogP contribution in [0.5, 0.6) is 23.0 Å². The lowest BCUT2D eigenvalue weighted by Crippen LogP contribution is -2.43. The second kappa shape index (κ2) is 17.3. The highest BCUT2D eigenvalue weighted by molar-refractivity contribution is 7.42. The molecule has 0 radical (unpaired) electrons. The highest BCUT2D eigenvalue weighted by atomic mass is 31.2. The van der Waals surface area contributed by atoms with Gasteiger partial charge in [-0.05, 0) is 136 Å². The van der Waals surface area contributed by atoms with Gasteiger partial charge >= 0.3 is 17.2 Å². The van der Waals surface area contributed by atoms with Crippen LogP contribution in [0.4, 0.5) is 0 Å². The van der Waals surface area contributed by atoms with Gasteiger partial charge in [-0.3, -0.25) is 9.05 Å². The standard InChI is InChI=1S/C50H52O6P2/c1-31-17-21-45(35(5)25-31)53-57(54-46-22-18-32(2)26-36(46)6)51-29-43-44(50-41-15-11-9-13-39(41)49(43)40-14-10-12-16-42(40)50)30-52-58(55-47-23-19-33(3)27-37(47)7)56-48-24-20-34(4)28-38(48)8/h9-28,43-44,49-50H,29-30H2,1-8H3. The first kappa shape index (κ1) is 40.1. The zero-order valence-electron chi connectivity index (χ0n) is 34.6. The monoisotopic (exact) mass is 810 g/mol. The average Bonchev–Trinajstić information content (AvgIpc) is 3.20. The zero-order valence-corrected chi connectivity index (χ0v) is 36.4. The van der Waals surface area contributed by atoms with Crippen molar-refractivity contribution in [2.45, 2.75) is 67.2 Å². The van der Waals surface area contributed by atoms with Crippen LogP contribution in [0.25, 0.3) is 0 Å². The molecule has 0 N–H and O–H groups in total. The molecule has 0 spiro atoms. The Labute approximate surface area is 346 Å². The number of hydrogen-bond acceptors (Lipinski definition) is 6. The molecule has 0 saturated heterocycles. The number of fused-ring (bicyclic) bond motifs is 1. The van der Waals surface area contributed by atoms with Gasteiger partial charge in [0.2, 0.25) is 0 Å². The van der Waals surface area contributed by atoms with Crippen molar-refractivity contribution in [1.82, 2.24) is 0 Å². The van der Waals surface area contributed by atoms with E-state index in [2.05, 4.69) is 152 Å². The molecule has 0 amide bonds. The third kappa shape index (κ3) is 8.54. The summed E-state index contributed by atoms with van der Waals surface area (Å²) >= 11 is 0. The molecule has 0 fully saturated rings. The van der Waals surface area contributed by atoms with Crippen molar-refractivity contribution in [2.24, 2.45) is 11.8 Å². The van der Waals surface area contributed by atoms with E-state index < -0.39 is 17.2 Å². The number of aryl methyl sites for hydroxylation is 8. The SMILES string of the molecule is Cc1ccc(OP(OCC2C3c4ccccc4C(c4ccccc43)C2COP(Oc2ccc(C)cc2C)Oc2ccc(C)cc2C)Oc2ccc(C)cc2C)c(C)c1. The molecule has 0 saturated carbocycles. The summed E-state index contributed by atoms with van der Waals surface area (Å²) < 4.78 is 40.5. The molecular formula is C50H52O6P2. The lowest BCUT2D eigenvalue weighted by Gasteiger charge is -2.50. The Bertz CT molecular complexity index is 2110. The summed E-state index contributed by atoms with van der Waals surface area (Å²) in [5, 5.41) is 0. The molecule has 3 aliphatic carbocycles. The summed E-state index contributed by atoms with van der Waals surface area (Å²) in [6, 6.07) is 42.5. The van der Waals surface area contributed by atoms with Crippen molar-refractivity contribution in [3.8, 4) is 23.0 Å². The summed E-state index contributed by atoms with van der Waals surface area (Å²) in [7, 11) is -3.68. The fraction of sp³-hybridized carbons (Fsp3) is 0.280. The molecule has 58 heavy (non-hydrogen) atoms. The zero-order chi connectivity index (χ0) is 40.5. The molecule has 2 unspecified atom stereocenters. The van der Waals surface area contributed by atoms with Crippen LogP contribution < -0.4 is 18.1 Å². The van der Waals surface area contributed by atoms with Gasteiger partial charge < -0.3 is 18.1 Å². The maximum absolute atomic E-state index is 6.93. The van der Waals surface area contributed by atoms with E-state index in [1.807, 2.05) is 24.3 Å². The summed E-state index contributed by atoms with van der Waals surface area (Å²) in [6.07, 6.45) is 0. The minimum Gasteiger partial charge on any atom is -0.417 e. The normalized spacial score (nSPS) is 17.9. The predicted molar refractivity (Wildman–Crippen MR) is 235 cm³/mol. The van der Waals surface area contributed by atoms with Crippen LogP contribution in [0.3, 0.4) is 0 Å². The molecule has 6 nitrogen and oxygen atoms in total. The Morgan fingerprint density at radius 2 is 0.621 bits per heavy atom. The summed E-state index contributed by atoms with van der Waals surface area (Å²) in [4.78, 5) is 0. The van der Waals surface area contributed by atoms with Gasteiger partial charge in [0.1, 0.15) is 23.0 Å². The van der Waals surface area contributed by atoms with Crippen LogP contribution in [0.15, 0.2) is 121 Å². The highest BCUT2D eigenvalue weighted by Crippen LogP contribution is 2.60. The van der Waals surface area contributed by atoms with Crippen molar-refractivity contribution in [3.05, 3.63) is 188 Å². The van der Waals surface area contributed by atoms with Crippen molar-refractivity contribution < 1.29 is 27.1 Å². The molecule has 6 aromatic carbocycles. The molecule has 8 heteroatoms. The van der Waals surface area contributed by atoms with Gasteiger partial charge in [-0.1, -0.05) is 119 Å². The first-order valence-corrected chi connectivity index (χ1v) is 22.3. The molecule has 0 heterocycles. The van der Waals surface area contributed by atoms with Crippen LogP contribution in [-0.2, 0) is 9.05 Å². The van der Waals surface area contributed by atoms with Gasteiger partial charge in [0, 0.05) is 11.8 Å². The molecule has 0 aliphatic heterocycles. The van der Waals surface area contributed by atoms with Crippen LogP contribution in [0.1, 0.15) is 78.6 Å². The van der Waals surface area contributed by atoms with Crippen LogP contribution >= 0.6 is 17.2 Å². The average molecular weight is 811 g/mol. The third-order valence-corrected chi connectivity index (χ3v) is 13.6. The minimum absolute atomic E-state index is 0.0318. The van der Waals surface area contributed by atoms with E-state index in [0.717, 1.165) is 45.3 Å². The largest absolute Gasteiger partial charge is 0.463 e. The summed E-state index contributed by atoms with van der Waals surface area (Å²) in [5.41, 5.74) is 14.2. The third-order valence-electron chi connectivity index (χ3n) is 11.5. The fourth-order valence-corrected chi connectivity index (χ4v) is 11.0. The fourth-order valence-electron chi connectivity index (χ4n) is 8.71. The summed E-state index contributed by atoms with van der Waals surface area (Å²) in [6.45, 7) is 17.4. The first-order chi connectivity index (χ1) is 28.0. The molecule has 2 atom stereocenters. The highest BCUT2D eigenvalue weighted by Gasteiger charge is 2.50. The molecular weight excluding hydrogens is 758 g/mol. The van der Waals surface area contributed by atoms with E-state index >= 15 is 0 Å². The van der Waals surface area contributed by atoms with Crippen molar-refractivity contribution in [3.63, 3.8) is 0 Å². The Balaban J connectivity index is 1.14. The lowest BCUT2D eigenvalue weighted by atomic mass is 9.54. The number of benzene rings is 6. The Morgan fingerprint density at radius 1 is 0.362 bits per heavy atom. The van der Waals surface area contributed by atoms with Gasteiger partial charge in [0.05, 0.1) is 13.2 Å². The Kier molecular flexibility index (Phi) is 11.9. The first-order valence-electron chi connectivity index (χ1n) is 20.1. The molecule has 3 aliphatic rings. The van der Waals surface area contributed by atoms with Crippen LogP contribution in [0, 0.1) is 67.2 Å². The predicted octanol–water partition coefficient (Wildman–Crippen LogP) is 13.8. The van der Waals surface area contributed by atoms with Gasteiger partial charge in [0.25, 0.3) is 0 Å². The molecule has 6 aromatic rings. The number of rotatable bonds is 14. The lowest BCUT2D eigenvalue weighted by molar-refractivity contribution is 0.0902. The van der Waals surface area contributed by atoms with E-state index in [-0.39, 0.29) is 23.7 Å². The Hall–Kier alpha value is -4.70. The molecule has 0 aromatic heterocycles. The quantitative estimate of drug-likeness (QED) is 0.102. The van der Waals surface area contributed by atoms with Gasteiger partial charge in [-0.25, -0.2) is 0 Å². The van der Waals surface area contributed by atoms with E-state index in [1.165, 1.54) is 44.5 Å². The van der Waals surface area contributed by atoms with Crippen molar-refractivity contribution in [2.75, 3.05) is 13.2 Å².